The zero-order valence-electron chi connectivity index (χ0n) is 16.7. The first-order valence-corrected chi connectivity index (χ1v) is 10.8. The van der Waals surface area contributed by atoms with Crippen molar-refractivity contribution in [2.75, 3.05) is 6.54 Å². The first-order chi connectivity index (χ1) is 12.8. The molecular weight excluding hydrogens is 342 g/mol. The molecule has 0 heterocycles. The lowest BCUT2D eigenvalue weighted by Crippen LogP contribution is -2.57. The van der Waals surface area contributed by atoms with E-state index in [9.17, 15) is 14.4 Å². The SMILES string of the molecule is C[C@]12CCCC[C@@H]1C(=O)C[C@@H]1[C@@H]2CC[C@]2(C)C(=O)CC(OC(=O)CCN)[C@@H]12. The Hall–Kier alpha value is -1.23. The summed E-state index contributed by atoms with van der Waals surface area (Å²) in [4.78, 5) is 38.1. The summed E-state index contributed by atoms with van der Waals surface area (Å²) in [5.41, 5.74) is 5.09. The van der Waals surface area contributed by atoms with Gasteiger partial charge in [0.2, 0.25) is 0 Å². The summed E-state index contributed by atoms with van der Waals surface area (Å²) < 4.78 is 5.76. The lowest BCUT2D eigenvalue weighted by Gasteiger charge is -2.59. The Morgan fingerprint density at radius 1 is 1.15 bits per heavy atom. The second kappa shape index (κ2) is 6.68. The van der Waals surface area contributed by atoms with Crippen molar-refractivity contribution in [3.05, 3.63) is 0 Å². The van der Waals surface area contributed by atoms with Gasteiger partial charge in [-0.2, -0.15) is 0 Å². The van der Waals surface area contributed by atoms with Crippen LogP contribution in [0, 0.1) is 34.5 Å². The van der Waals surface area contributed by atoms with Crippen LogP contribution in [0.3, 0.4) is 0 Å². The fraction of sp³-hybridized carbons (Fsp3) is 0.864. The van der Waals surface area contributed by atoms with E-state index in [1.165, 1.54) is 6.42 Å². The van der Waals surface area contributed by atoms with Crippen LogP contribution in [0.2, 0.25) is 0 Å². The number of fused-ring (bicyclic) bond motifs is 5. The molecule has 4 saturated carbocycles. The maximum atomic E-state index is 13.1. The first-order valence-electron chi connectivity index (χ1n) is 10.8. The van der Waals surface area contributed by atoms with Gasteiger partial charge >= 0.3 is 5.97 Å². The zero-order chi connectivity index (χ0) is 19.4. The van der Waals surface area contributed by atoms with Crippen molar-refractivity contribution in [3.63, 3.8) is 0 Å². The highest BCUT2D eigenvalue weighted by Gasteiger charge is 2.65. The fourth-order valence-corrected chi connectivity index (χ4v) is 7.37. The van der Waals surface area contributed by atoms with Crippen molar-refractivity contribution in [2.24, 2.45) is 40.2 Å². The highest BCUT2D eigenvalue weighted by molar-refractivity contribution is 5.89. The molecule has 0 aliphatic heterocycles. The Balaban J connectivity index is 1.66. The predicted octanol–water partition coefficient (Wildman–Crippen LogP) is 3.04. The number of ether oxygens (including phenoxy) is 1. The monoisotopic (exact) mass is 375 g/mol. The Labute approximate surface area is 161 Å². The number of Topliss-reactive ketones (excluding diaryl/α,β-unsaturated/α-hetero) is 2. The summed E-state index contributed by atoms with van der Waals surface area (Å²) in [5, 5.41) is 0. The summed E-state index contributed by atoms with van der Waals surface area (Å²) in [6.45, 7) is 4.62. The minimum atomic E-state index is -0.451. The number of esters is 1. The molecule has 0 saturated heterocycles. The topological polar surface area (TPSA) is 86.5 Å². The van der Waals surface area contributed by atoms with E-state index in [1.807, 2.05) is 6.92 Å². The average molecular weight is 376 g/mol. The van der Waals surface area contributed by atoms with Gasteiger partial charge < -0.3 is 10.5 Å². The molecule has 2 N–H and O–H groups in total. The number of hydrogen-bond donors (Lipinski definition) is 1. The lowest BCUT2D eigenvalue weighted by molar-refractivity contribution is -0.168. The Morgan fingerprint density at radius 3 is 2.67 bits per heavy atom. The molecule has 4 rings (SSSR count). The van der Waals surface area contributed by atoms with Crippen molar-refractivity contribution >= 4 is 17.5 Å². The third kappa shape index (κ3) is 2.80. The molecule has 4 fully saturated rings. The third-order valence-corrected chi connectivity index (χ3v) is 8.67. The molecule has 7 atom stereocenters. The van der Waals surface area contributed by atoms with E-state index in [0.29, 0.717) is 24.5 Å². The molecule has 0 bridgehead atoms. The number of carbonyl (C=O) groups is 3. The molecule has 4 aliphatic carbocycles. The first kappa shape index (κ1) is 19.1. The van der Waals surface area contributed by atoms with Crippen LogP contribution in [-0.4, -0.2) is 30.2 Å². The van der Waals surface area contributed by atoms with Crippen LogP contribution in [0.25, 0.3) is 0 Å². The maximum absolute atomic E-state index is 13.1. The third-order valence-electron chi connectivity index (χ3n) is 8.67. The molecule has 27 heavy (non-hydrogen) atoms. The predicted molar refractivity (Wildman–Crippen MR) is 101 cm³/mol. The van der Waals surface area contributed by atoms with Gasteiger partial charge in [0.1, 0.15) is 17.7 Å². The van der Waals surface area contributed by atoms with Crippen LogP contribution in [0.1, 0.15) is 71.6 Å². The number of rotatable bonds is 3. The van der Waals surface area contributed by atoms with Gasteiger partial charge in [0, 0.05) is 36.6 Å². The van der Waals surface area contributed by atoms with E-state index in [1.54, 1.807) is 0 Å². The molecule has 1 unspecified atom stereocenters. The normalized spacial score (nSPS) is 46.4. The minimum Gasteiger partial charge on any atom is -0.462 e. The number of nitrogens with two attached hydrogens (primary N) is 1. The molecule has 0 aromatic rings. The van der Waals surface area contributed by atoms with Gasteiger partial charge in [-0.15, -0.1) is 0 Å². The standard InChI is InChI=1S/C22H33NO4/c1-21-8-4-3-5-15(21)16(24)11-13-14(21)6-9-22(2)18(25)12-17(20(13)22)27-19(26)7-10-23/h13-15,17,20H,3-12,23H2,1-2H3/t13-,14+,15-,17?,20-,21-,22-/m1/s1. The molecule has 0 aromatic carbocycles. The molecule has 0 radical (unpaired) electrons. The molecule has 5 heteroatoms. The van der Waals surface area contributed by atoms with E-state index in [-0.39, 0.29) is 54.0 Å². The largest absolute Gasteiger partial charge is 0.462 e. The molecule has 0 aromatic heterocycles. The van der Waals surface area contributed by atoms with Crippen LogP contribution in [-0.2, 0) is 19.1 Å². The summed E-state index contributed by atoms with van der Waals surface area (Å²) in [6, 6.07) is 0. The molecule has 0 spiro atoms. The summed E-state index contributed by atoms with van der Waals surface area (Å²) >= 11 is 0. The highest BCUT2D eigenvalue weighted by Crippen LogP contribution is 2.65. The quantitative estimate of drug-likeness (QED) is 0.766. The summed E-state index contributed by atoms with van der Waals surface area (Å²) in [6.07, 6.45) is 7.02. The maximum Gasteiger partial charge on any atom is 0.307 e. The van der Waals surface area contributed by atoms with Gasteiger partial charge in [0.05, 0.1) is 6.42 Å². The Morgan fingerprint density at radius 2 is 1.93 bits per heavy atom. The Bertz CT molecular complexity index is 661. The molecule has 5 nitrogen and oxygen atoms in total. The number of hydrogen-bond acceptors (Lipinski definition) is 5. The fourth-order valence-electron chi connectivity index (χ4n) is 7.37. The van der Waals surface area contributed by atoms with Crippen LogP contribution in [0.5, 0.6) is 0 Å². The van der Waals surface area contributed by atoms with E-state index < -0.39 is 5.41 Å². The Kier molecular flexibility index (Phi) is 4.73. The number of carbonyl (C=O) groups excluding carboxylic acids is 3. The second-order valence-corrected chi connectivity index (χ2v) is 9.92. The molecule has 4 aliphatic rings. The van der Waals surface area contributed by atoms with Gasteiger partial charge in [-0.3, -0.25) is 14.4 Å². The summed E-state index contributed by atoms with van der Waals surface area (Å²) in [7, 11) is 0. The van der Waals surface area contributed by atoms with Gasteiger partial charge in [0.15, 0.2) is 0 Å². The van der Waals surface area contributed by atoms with Crippen molar-refractivity contribution in [3.8, 4) is 0 Å². The summed E-state index contributed by atoms with van der Waals surface area (Å²) in [5.74, 6) is 1.07. The van der Waals surface area contributed by atoms with Gasteiger partial charge in [-0.1, -0.05) is 26.7 Å². The molecule has 150 valence electrons. The van der Waals surface area contributed by atoms with E-state index in [4.69, 9.17) is 10.5 Å². The average Bonchev–Trinajstić information content (AvgIpc) is 2.85. The van der Waals surface area contributed by atoms with Crippen molar-refractivity contribution in [1.29, 1.82) is 0 Å². The minimum absolute atomic E-state index is 0.0193. The van der Waals surface area contributed by atoms with Crippen LogP contribution < -0.4 is 5.73 Å². The van der Waals surface area contributed by atoms with Crippen LogP contribution in [0.4, 0.5) is 0 Å². The highest BCUT2D eigenvalue weighted by atomic mass is 16.5. The number of ketones is 2. The molecular formula is C22H33NO4. The van der Waals surface area contributed by atoms with E-state index >= 15 is 0 Å². The van der Waals surface area contributed by atoms with Gasteiger partial charge in [-0.25, -0.2) is 0 Å². The van der Waals surface area contributed by atoms with Crippen LogP contribution >= 0.6 is 0 Å². The lowest BCUT2D eigenvalue weighted by atomic mass is 9.45. The van der Waals surface area contributed by atoms with Crippen molar-refractivity contribution < 1.29 is 19.1 Å². The second-order valence-electron chi connectivity index (χ2n) is 9.92. The van der Waals surface area contributed by atoms with Crippen molar-refractivity contribution in [2.45, 2.75) is 77.7 Å². The van der Waals surface area contributed by atoms with E-state index in [2.05, 4.69) is 6.92 Å². The zero-order valence-corrected chi connectivity index (χ0v) is 16.7. The van der Waals surface area contributed by atoms with Crippen LogP contribution in [0.15, 0.2) is 0 Å². The smallest absolute Gasteiger partial charge is 0.307 e. The molecule has 0 amide bonds. The van der Waals surface area contributed by atoms with Gasteiger partial charge in [-0.05, 0) is 42.9 Å². The van der Waals surface area contributed by atoms with E-state index in [0.717, 1.165) is 32.1 Å². The van der Waals surface area contributed by atoms with Crippen molar-refractivity contribution in [1.82, 2.24) is 0 Å². The van der Waals surface area contributed by atoms with Gasteiger partial charge in [0.25, 0.3) is 0 Å².